The van der Waals surface area contributed by atoms with Crippen LogP contribution in [0.4, 0.5) is 0 Å². The molecule has 0 radical (unpaired) electrons. The van der Waals surface area contributed by atoms with Crippen LogP contribution in [0.5, 0.6) is 0 Å². The van der Waals surface area contributed by atoms with Crippen LogP contribution in [0.15, 0.2) is 0 Å². The molecule has 1 nitrogen and oxygen atoms in total. The van der Waals surface area contributed by atoms with Crippen molar-refractivity contribution in [2.45, 2.75) is 77.7 Å². The molecule has 0 unspecified atom stereocenters. The Morgan fingerprint density at radius 3 is 1.89 bits per heavy atom. The first-order valence-electron chi connectivity index (χ1n) is 8.59. The third-order valence-electron chi connectivity index (χ3n) is 4.47. The van der Waals surface area contributed by atoms with E-state index in [9.17, 15) is 0 Å². The molecule has 0 aromatic carbocycles. The first-order chi connectivity index (χ1) is 8.86. The first kappa shape index (κ1) is 16.9. The van der Waals surface area contributed by atoms with Crippen molar-refractivity contribution in [1.29, 1.82) is 0 Å². The summed E-state index contributed by atoms with van der Waals surface area (Å²) in [6, 6.07) is 0. The van der Waals surface area contributed by atoms with E-state index in [0.717, 1.165) is 0 Å². The van der Waals surface area contributed by atoms with Crippen LogP contribution in [0.25, 0.3) is 0 Å². The van der Waals surface area contributed by atoms with Gasteiger partial charge in [0.2, 0.25) is 0 Å². The molecule has 1 aliphatic heterocycles. The quantitative estimate of drug-likeness (QED) is 0.474. The number of hydrogen-bond donors (Lipinski definition) is 0. The minimum absolute atomic E-state index is 0.870. The van der Waals surface area contributed by atoms with Crippen molar-refractivity contribution < 1.29 is 0 Å². The summed E-state index contributed by atoms with van der Waals surface area (Å²) in [7, 11) is 0. The average molecular weight is 355 g/mol. The van der Waals surface area contributed by atoms with Gasteiger partial charge in [-0.05, 0) is 0 Å². The molecule has 0 bridgehead atoms. The normalized spacial score (nSPS) is 15.8. The maximum atomic E-state index is 2.73. The van der Waals surface area contributed by atoms with Crippen LogP contribution < -0.4 is 0 Å². The fourth-order valence-corrected chi connectivity index (χ4v) is 13.1. The molecule has 0 N–H and O–H groups in total. The molecule has 0 amide bonds. The van der Waals surface area contributed by atoms with Gasteiger partial charge in [-0.25, -0.2) is 0 Å². The Kier molecular flexibility index (Phi) is 10.9. The predicted molar refractivity (Wildman–Crippen MR) is 84.9 cm³/mol. The van der Waals surface area contributed by atoms with Crippen LogP contribution in [0.1, 0.15) is 65.2 Å². The molecule has 1 rings (SSSR count). The Hall–Kier alpha value is 0.830. The Bertz CT molecular complexity index is 170. The Morgan fingerprint density at radius 2 is 1.33 bits per heavy atom. The molecule has 0 aromatic rings. The zero-order valence-electron chi connectivity index (χ0n) is 12.9. The van der Waals surface area contributed by atoms with Crippen molar-refractivity contribution in [1.82, 2.24) is 4.90 Å². The van der Waals surface area contributed by atoms with Crippen molar-refractivity contribution in [2.24, 2.45) is 0 Å². The molecule has 0 aromatic heterocycles. The number of hydrogen-bond acceptors (Lipinski definition) is 1. The third kappa shape index (κ3) is 8.09. The van der Waals surface area contributed by atoms with Crippen molar-refractivity contribution in [2.75, 3.05) is 19.6 Å². The Labute approximate surface area is 123 Å². The second-order valence-electron chi connectivity index (χ2n) is 6.20. The molecule has 1 fully saturated rings. The van der Waals surface area contributed by atoms with Gasteiger partial charge < -0.3 is 0 Å². The standard InChI is InChI=1S/C12H26N.C4H8.In/c1-4-7-10-13(11-8-5-2)12-9-6-3;1-3-4-2;/h1,4-12H2,2-3H3;1-4H2;. The molecule has 0 aliphatic carbocycles. The van der Waals surface area contributed by atoms with Crippen LogP contribution in [0.3, 0.4) is 0 Å². The second kappa shape index (κ2) is 11.6. The summed E-state index contributed by atoms with van der Waals surface area (Å²) in [6.45, 7) is 8.71. The van der Waals surface area contributed by atoms with Crippen LogP contribution in [-0.2, 0) is 0 Å². The molecule has 18 heavy (non-hydrogen) atoms. The van der Waals surface area contributed by atoms with Gasteiger partial charge in [-0.15, -0.1) is 0 Å². The summed E-state index contributed by atoms with van der Waals surface area (Å²) in [6.07, 6.45) is 11.7. The maximum absolute atomic E-state index is 2.73. The van der Waals surface area contributed by atoms with Gasteiger partial charge in [-0.1, -0.05) is 0 Å². The van der Waals surface area contributed by atoms with Gasteiger partial charge in [0.25, 0.3) is 0 Å². The summed E-state index contributed by atoms with van der Waals surface area (Å²) in [5, 5.41) is 0. The zero-order chi connectivity index (χ0) is 13.1. The van der Waals surface area contributed by atoms with Gasteiger partial charge in [-0.3, -0.25) is 0 Å². The molecule has 1 heterocycles. The molecule has 0 spiro atoms. The van der Waals surface area contributed by atoms with Crippen molar-refractivity contribution >= 4 is 21.4 Å². The van der Waals surface area contributed by atoms with Crippen molar-refractivity contribution in [3.63, 3.8) is 0 Å². The van der Waals surface area contributed by atoms with E-state index >= 15 is 0 Å². The summed E-state index contributed by atoms with van der Waals surface area (Å²) in [5.41, 5.74) is 0. The molecule has 0 saturated carbocycles. The minimum atomic E-state index is -0.870. The fraction of sp³-hybridized carbons (Fsp3) is 1.00. The van der Waals surface area contributed by atoms with E-state index in [1.165, 1.54) is 51.7 Å². The van der Waals surface area contributed by atoms with Crippen molar-refractivity contribution in [3.05, 3.63) is 0 Å². The SMILES string of the molecule is CCCCN(CCCC)CCC[CH2][In]1[CH2]CC[CH2]1. The molecule has 1 aliphatic rings. The number of nitrogens with zero attached hydrogens (tertiary/aromatic N) is 1. The summed E-state index contributed by atoms with van der Waals surface area (Å²) < 4.78 is 5.19. The van der Waals surface area contributed by atoms with Crippen LogP contribution in [-0.4, -0.2) is 46.0 Å². The summed E-state index contributed by atoms with van der Waals surface area (Å²) >= 11 is -0.870. The predicted octanol–water partition coefficient (Wildman–Crippen LogP) is 4.96. The number of rotatable bonds is 11. The van der Waals surface area contributed by atoms with E-state index in [1.54, 1.807) is 31.8 Å². The second-order valence-corrected chi connectivity index (χ2v) is 16.1. The number of unbranched alkanes of at least 4 members (excludes halogenated alkanes) is 3. The van der Waals surface area contributed by atoms with E-state index < -0.39 is 21.4 Å². The van der Waals surface area contributed by atoms with E-state index in [-0.39, 0.29) is 0 Å². The summed E-state index contributed by atoms with van der Waals surface area (Å²) in [5.74, 6) is 0. The zero-order valence-corrected chi connectivity index (χ0v) is 16.2. The molecule has 106 valence electrons. The molecule has 2 heteroatoms. The third-order valence-corrected chi connectivity index (χ3v) is 15.0. The Morgan fingerprint density at radius 1 is 0.778 bits per heavy atom. The monoisotopic (exact) mass is 355 g/mol. The molecular formula is C16H34InN. The van der Waals surface area contributed by atoms with Gasteiger partial charge in [0.1, 0.15) is 0 Å². The van der Waals surface area contributed by atoms with Gasteiger partial charge in [0.05, 0.1) is 0 Å². The van der Waals surface area contributed by atoms with Gasteiger partial charge >= 0.3 is 124 Å². The Balaban J connectivity index is 2.03. The van der Waals surface area contributed by atoms with E-state index in [2.05, 4.69) is 18.7 Å². The molecular weight excluding hydrogens is 321 g/mol. The van der Waals surface area contributed by atoms with E-state index in [4.69, 9.17) is 0 Å². The first-order valence-corrected chi connectivity index (χ1v) is 15.6. The molecule has 1 saturated heterocycles. The molecule has 0 atom stereocenters. The topological polar surface area (TPSA) is 3.24 Å². The average Bonchev–Trinajstić information content (AvgIpc) is 2.90. The van der Waals surface area contributed by atoms with Gasteiger partial charge in [0.15, 0.2) is 0 Å². The van der Waals surface area contributed by atoms with Crippen LogP contribution in [0, 0.1) is 0 Å². The van der Waals surface area contributed by atoms with Crippen LogP contribution >= 0.6 is 0 Å². The van der Waals surface area contributed by atoms with Crippen LogP contribution in [0.2, 0.25) is 12.5 Å². The van der Waals surface area contributed by atoms with E-state index in [1.807, 2.05) is 0 Å². The van der Waals surface area contributed by atoms with Crippen molar-refractivity contribution in [3.8, 4) is 0 Å². The van der Waals surface area contributed by atoms with E-state index in [0.29, 0.717) is 0 Å². The fourth-order valence-electron chi connectivity index (χ4n) is 3.17. The van der Waals surface area contributed by atoms with Gasteiger partial charge in [-0.2, -0.15) is 0 Å². The summed E-state index contributed by atoms with van der Waals surface area (Å²) in [4.78, 5) is 2.73. The van der Waals surface area contributed by atoms with Gasteiger partial charge in [0, 0.05) is 0 Å².